The zero-order valence-corrected chi connectivity index (χ0v) is 49.4. The van der Waals surface area contributed by atoms with Crippen molar-refractivity contribution in [1.29, 1.82) is 0 Å². The van der Waals surface area contributed by atoms with Gasteiger partial charge in [0.2, 0.25) is 17.7 Å². The number of Topliss-reactive ketones (excluding diaryl/α,β-unsaturated/α-hetero) is 1. The van der Waals surface area contributed by atoms with E-state index in [1.54, 1.807) is 105 Å². The van der Waals surface area contributed by atoms with Crippen LogP contribution in [0.3, 0.4) is 0 Å². The number of likely N-dealkylation sites (N-methyl/N-ethyl adjacent to an activating group) is 2. The molecule has 0 saturated heterocycles. The molecule has 22 heteroatoms. The van der Waals surface area contributed by atoms with E-state index in [1.807, 2.05) is 115 Å². The number of hydrogen-bond acceptors (Lipinski definition) is 15. The summed E-state index contributed by atoms with van der Waals surface area (Å²) in [5.41, 5.74) is 5.66. The summed E-state index contributed by atoms with van der Waals surface area (Å²) in [6, 6.07) is 54.0. The molecule has 6 heterocycles. The number of thioether (sulfide) groups is 1. The van der Waals surface area contributed by atoms with Crippen LogP contribution in [0.25, 0.3) is 0 Å². The van der Waals surface area contributed by atoms with Crippen LogP contribution >= 0.6 is 11.8 Å². The summed E-state index contributed by atoms with van der Waals surface area (Å²) in [5, 5.41) is 16.9. The third kappa shape index (κ3) is 14.4. The molecule has 19 nitrogen and oxygen atoms in total. The lowest BCUT2D eigenvalue weighted by atomic mass is 10.0. The molecule has 3 aliphatic heterocycles. The van der Waals surface area contributed by atoms with E-state index in [1.165, 1.54) is 9.80 Å². The van der Waals surface area contributed by atoms with Crippen molar-refractivity contribution in [3.63, 3.8) is 0 Å². The van der Waals surface area contributed by atoms with Gasteiger partial charge in [-0.25, -0.2) is 0 Å². The van der Waals surface area contributed by atoms with Gasteiger partial charge in [-0.15, -0.1) is 11.8 Å². The van der Waals surface area contributed by atoms with E-state index in [0.29, 0.717) is 63.5 Å². The molecule has 0 fully saturated rings. The minimum atomic E-state index is -1.42. The van der Waals surface area contributed by atoms with E-state index in [4.69, 9.17) is 13.6 Å². The van der Waals surface area contributed by atoms with Crippen LogP contribution in [0, 0.1) is 5.92 Å². The van der Waals surface area contributed by atoms with Gasteiger partial charge in [-0.1, -0.05) is 143 Å². The number of carbonyl (C=O) groups excluding carboxylic acids is 6. The molecule has 0 unspecified atom stereocenters. The van der Waals surface area contributed by atoms with Crippen LogP contribution in [0.2, 0.25) is 0 Å². The van der Waals surface area contributed by atoms with E-state index >= 15 is 0 Å². The predicted octanol–water partition coefficient (Wildman–Crippen LogP) is 8.52. The molecule has 5 atom stereocenters. The van der Waals surface area contributed by atoms with Gasteiger partial charge < -0.3 is 38.9 Å². The zero-order valence-electron chi connectivity index (χ0n) is 46.9. The first-order valence-electron chi connectivity index (χ1n) is 27.3. The second-order valence-electron chi connectivity index (χ2n) is 20.3. The van der Waals surface area contributed by atoms with Crippen molar-refractivity contribution in [3.8, 4) is 0 Å². The number of hydrogen-bond donors (Lipinski definition) is 2. The van der Waals surface area contributed by atoms with Crippen molar-refractivity contribution in [2.24, 2.45) is 5.92 Å². The molecular formula is C64H58N8O11S3. The number of benzene rings is 6. The maximum atomic E-state index is 12.8. The Morgan fingerprint density at radius 3 is 1.29 bits per heavy atom. The topological polar surface area (TPSA) is 248 Å². The number of aromatic nitrogens is 3. The smallest absolute Gasteiger partial charge is 0.274 e. The molecule has 0 radical (unpaired) electrons. The van der Waals surface area contributed by atoms with Gasteiger partial charge in [-0.3, -0.25) is 37.2 Å². The second-order valence-corrected chi connectivity index (χ2v) is 24.3. The van der Waals surface area contributed by atoms with Gasteiger partial charge in [0.05, 0.1) is 65.9 Å². The standard InChI is InChI=1S/C22H20N2O3S.2C21H19N3O4S/c1-24-19-9-5-6-10-21(19)28-14-16(22(24)26)12-20(25)18-13-17(27-23-18)11-15-7-3-2-4-8-15;2*1-24-18-9-5-6-10-19(18)29(27)13-17(21(24)26)22-20(25)16-12-15(28-23-16)11-14-7-3-2-4-8-14/h2-10,13,16H,11-12,14H2,1H3;2*2-10,12,17H,11,13H2,1H3,(H,22,25)/t16-;17-,29+;17-,29-/m000/s1. The number of para-hydroxylation sites is 3. The van der Waals surface area contributed by atoms with E-state index in [2.05, 4.69) is 26.1 Å². The number of amides is 5. The first-order chi connectivity index (χ1) is 41.7. The molecule has 3 aromatic heterocycles. The van der Waals surface area contributed by atoms with Crippen molar-refractivity contribution in [2.45, 2.75) is 52.5 Å². The molecule has 0 aliphatic carbocycles. The molecular weight excluding hydrogens is 1150 g/mol. The van der Waals surface area contributed by atoms with Gasteiger partial charge in [-0.2, -0.15) is 0 Å². The Labute approximate surface area is 504 Å². The monoisotopic (exact) mass is 1210 g/mol. The van der Waals surface area contributed by atoms with E-state index in [9.17, 15) is 37.2 Å². The fourth-order valence-electron chi connectivity index (χ4n) is 9.77. The van der Waals surface area contributed by atoms with Crippen LogP contribution in [0.15, 0.2) is 210 Å². The lowest BCUT2D eigenvalue weighted by molar-refractivity contribution is -0.121. The molecule has 5 amide bonds. The highest BCUT2D eigenvalue weighted by molar-refractivity contribution is 7.99. The normalized spacial score (nSPS) is 18.1. The van der Waals surface area contributed by atoms with E-state index in [0.717, 1.165) is 27.3 Å². The van der Waals surface area contributed by atoms with Gasteiger partial charge in [0.25, 0.3) is 11.8 Å². The van der Waals surface area contributed by atoms with Crippen LogP contribution in [0.5, 0.6) is 0 Å². The SMILES string of the molecule is CN1C(=O)[C@@H](CC(=O)c2cc(Cc3ccccc3)on2)CSc2ccccc21.CN1C(=O)[C@@H](NC(=O)c2cc(Cc3ccccc3)on2)C[S@@](=O)c2ccccc21.CN1C(=O)[C@@H](NC(=O)c2cc(Cc3ccccc3)on2)C[S@](=O)c2ccccc21. The number of ketones is 1. The summed E-state index contributed by atoms with van der Waals surface area (Å²) >= 11 is 1.61. The molecule has 2 N–H and O–H groups in total. The van der Waals surface area contributed by atoms with Crippen molar-refractivity contribution >= 4 is 85.7 Å². The number of fused-ring (bicyclic) bond motifs is 3. The van der Waals surface area contributed by atoms with Crippen molar-refractivity contribution in [3.05, 3.63) is 233 Å². The first-order valence-corrected chi connectivity index (χ1v) is 30.9. The number of nitrogens with one attached hydrogen (secondary N) is 2. The average molecular weight is 1210 g/mol. The lowest BCUT2D eigenvalue weighted by Crippen LogP contribution is -2.49. The Morgan fingerprint density at radius 1 is 0.488 bits per heavy atom. The summed E-state index contributed by atoms with van der Waals surface area (Å²) in [7, 11) is 2.14. The Bertz CT molecular complexity index is 3800. The molecule has 86 heavy (non-hydrogen) atoms. The number of rotatable bonds is 13. The highest BCUT2D eigenvalue weighted by atomic mass is 32.2. The predicted molar refractivity (Wildman–Crippen MR) is 325 cm³/mol. The number of nitrogens with zero attached hydrogens (tertiary/aromatic N) is 6. The Balaban J connectivity index is 0.000000143. The average Bonchev–Trinajstić information content (AvgIpc) is 4.41. The molecule has 6 aromatic carbocycles. The summed E-state index contributed by atoms with van der Waals surface area (Å²) in [6.07, 6.45) is 1.72. The quantitative estimate of drug-likeness (QED) is 0.103. The van der Waals surface area contributed by atoms with Crippen LogP contribution in [0.4, 0.5) is 17.1 Å². The molecule has 12 rings (SSSR count). The molecule has 3 aliphatic rings. The summed E-state index contributed by atoms with van der Waals surface area (Å²) in [4.78, 5) is 83.1. The van der Waals surface area contributed by atoms with Crippen LogP contribution in [-0.4, -0.2) is 110 Å². The van der Waals surface area contributed by atoms with Gasteiger partial charge in [0, 0.05) is 75.7 Å². The molecule has 438 valence electrons. The van der Waals surface area contributed by atoms with Crippen molar-refractivity contribution in [2.75, 3.05) is 53.1 Å². The fraction of sp³-hybridized carbons (Fsp3) is 0.203. The molecule has 0 bridgehead atoms. The molecule has 9 aromatic rings. The third-order valence-electron chi connectivity index (χ3n) is 14.3. The van der Waals surface area contributed by atoms with Crippen LogP contribution in [0.1, 0.15) is 71.9 Å². The minimum Gasteiger partial charge on any atom is -0.360 e. The largest absolute Gasteiger partial charge is 0.360 e. The van der Waals surface area contributed by atoms with Crippen LogP contribution < -0.4 is 25.3 Å². The minimum absolute atomic E-state index is 0.000645. The zero-order chi connectivity index (χ0) is 60.3. The van der Waals surface area contributed by atoms with E-state index < -0.39 is 45.5 Å². The second kappa shape index (κ2) is 27.6. The van der Waals surface area contributed by atoms with Gasteiger partial charge in [0.15, 0.2) is 17.2 Å². The Kier molecular flexibility index (Phi) is 19.1. The van der Waals surface area contributed by atoms with Crippen LogP contribution in [-0.2, 0) is 55.2 Å². The Morgan fingerprint density at radius 2 is 0.849 bits per heavy atom. The number of anilines is 3. The molecule has 0 spiro atoms. The highest BCUT2D eigenvalue weighted by Gasteiger charge is 2.36. The third-order valence-corrected chi connectivity index (χ3v) is 18.5. The first kappa shape index (κ1) is 59.8. The van der Waals surface area contributed by atoms with Crippen molar-refractivity contribution < 1.29 is 50.8 Å². The highest BCUT2D eigenvalue weighted by Crippen LogP contribution is 2.37. The summed E-state index contributed by atoms with van der Waals surface area (Å²) in [5.74, 6) is -0.0322. The fourth-order valence-corrected chi connectivity index (χ4v) is 13.7. The Hall–Kier alpha value is -9.38. The lowest BCUT2D eigenvalue weighted by Gasteiger charge is -2.20. The molecule has 0 saturated carbocycles. The van der Waals surface area contributed by atoms with Gasteiger partial charge in [-0.05, 0) is 53.1 Å². The summed E-state index contributed by atoms with van der Waals surface area (Å²) < 4.78 is 41.2. The number of carbonyl (C=O) groups is 6. The summed E-state index contributed by atoms with van der Waals surface area (Å²) in [6.45, 7) is 0. The van der Waals surface area contributed by atoms with Crippen molar-refractivity contribution in [1.82, 2.24) is 26.1 Å². The van der Waals surface area contributed by atoms with Gasteiger partial charge in [0.1, 0.15) is 35.1 Å². The van der Waals surface area contributed by atoms with E-state index in [-0.39, 0.29) is 64.4 Å². The maximum Gasteiger partial charge on any atom is 0.274 e. The maximum absolute atomic E-state index is 12.8. The van der Waals surface area contributed by atoms with Gasteiger partial charge >= 0.3 is 0 Å².